The van der Waals surface area contributed by atoms with E-state index < -0.39 is 0 Å². The SMILES string of the molecule is c1ccc(C2CC23Cc2cccc4c2B(c2cc5c(cc2N4c2ccccc2)N(c2ccccc2)c2nccc4c2B5c2cccnc2N4c2ccccc2)c2ccccc23)cc1. The average Bonchev–Trinajstić information content (AvgIpc) is 4.10. The van der Waals surface area contributed by atoms with Gasteiger partial charge in [-0.3, -0.25) is 9.80 Å². The molecule has 5 nitrogen and oxygen atoms in total. The molecule has 0 amide bonds. The quantitative estimate of drug-likeness (QED) is 0.166. The van der Waals surface area contributed by atoms with E-state index in [1.54, 1.807) is 0 Å². The fraction of sp³-hybridized carbons (Fsp3) is 0.0714. The number of para-hydroxylation sites is 3. The van der Waals surface area contributed by atoms with Crippen LogP contribution in [0.25, 0.3) is 0 Å². The van der Waals surface area contributed by atoms with Gasteiger partial charge >= 0.3 is 0 Å². The van der Waals surface area contributed by atoms with E-state index in [-0.39, 0.29) is 18.8 Å². The maximum Gasteiger partial charge on any atom is 0.256 e. The Hall–Kier alpha value is -7.63. The molecule has 1 aliphatic carbocycles. The Morgan fingerprint density at radius 3 is 1.73 bits per heavy atom. The molecule has 1 fully saturated rings. The molecule has 7 heteroatoms. The highest BCUT2D eigenvalue weighted by Crippen LogP contribution is 2.62. The Kier molecular flexibility index (Phi) is 7.33. The minimum Gasteiger partial charge on any atom is -0.311 e. The molecule has 5 aliphatic rings. The van der Waals surface area contributed by atoms with Crippen LogP contribution in [0.15, 0.2) is 207 Å². The Morgan fingerprint density at radius 1 is 0.429 bits per heavy atom. The van der Waals surface area contributed by atoms with Crippen LogP contribution < -0.4 is 47.5 Å². The summed E-state index contributed by atoms with van der Waals surface area (Å²) in [6, 6.07) is 71.9. The van der Waals surface area contributed by atoms with Gasteiger partial charge in [-0.1, -0.05) is 139 Å². The molecule has 4 aliphatic heterocycles. The second-order valence-electron chi connectivity index (χ2n) is 17.8. The topological polar surface area (TPSA) is 35.5 Å². The molecule has 2 aromatic heterocycles. The Bertz CT molecular complexity index is 3290. The standard InChI is InChI=1S/C56H39B2N5/c1-5-17-37(18-6-1)43-36-56(43)35-38-19-15-29-48-52(38)57(44-27-14-13-26-42(44)56)46-33-47-51(34-50(46)61(48)39-20-7-2-8-21-39)63(41-24-11-4-12-25-41)55-53-49(30-32-60-55)62(40-22-9-3-10-23-40)54-45(58(47)53)28-16-31-59-54/h1-34,43H,35-36H2. The van der Waals surface area contributed by atoms with Gasteiger partial charge in [0, 0.05) is 57.6 Å². The summed E-state index contributed by atoms with van der Waals surface area (Å²) in [7, 11) is 0. The average molecular weight is 804 g/mol. The highest BCUT2D eigenvalue weighted by molar-refractivity contribution is 7.02. The van der Waals surface area contributed by atoms with Crippen molar-refractivity contribution in [2.24, 2.45) is 0 Å². The molecule has 7 aromatic carbocycles. The van der Waals surface area contributed by atoms with Gasteiger partial charge in [0.2, 0.25) is 6.71 Å². The summed E-state index contributed by atoms with van der Waals surface area (Å²) in [5.41, 5.74) is 20.2. The number of anilines is 9. The van der Waals surface area contributed by atoms with E-state index in [1.165, 1.54) is 60.8 Å². The third-order valence-electron chi connectivity index (χ3n) is 14.6. The molecule has 1 saturated carbocycles. The lowest BCUT2D eigenvalue weighted by Crippen LogP contribution is -2.64. The zero-order valence-corrected chi connectivity index (χ0v) is 34.5. The maximum atomic E-state index is 5.31. The van der Waals surface area contributed by atoms with E-state index >= 15 is 0 Å². The summed E-state index contributed by atoms with van der Waals surface area (Å²) in [4.78, 5) is 17.8. The highest BCUT2D eigenvalue weighted by atomic mass is 15.2. The van der Waals surface area contributed by atoms with E-state index in [4.69, 9.17) is 9.97 Å². The van der Waals surface area contributed by atoms with Crippen molar-refractivity contribution in [1.82, 2.24) is 9.97 Å². The zero-order chi connectivity index (χ0) is 41.2. The van der Waals surface area contributed by atoms with Crippen molar-refractivity contribution in [3.05, 3.63) is 223 Å². The number of benzene rings is 7. The van der Waals surface area contributed by atoms with Gasteiger partial charge in [0.15, 0.2) is 0 Å². The minimum atomic E-state index is -0.104. The molecule has 0 radical (unpaired) electrons. The number of hydrogen-bond donors (Lipinski definition) is 0. The molecule has 1 spiro atoms. The van der Waals surface area contributed by atoms with E-state index in [0.717, 1.165) is 52.9 Å². The molecule has 294 valence electrons. The van der Waals surface area contributed by atoms with Crippen LogP contribution in [0.3, 0.4) is 0 Å². The van der Waals surface area contributed by atoms with Crippen LogP contribution in [0, 0.1) is 0 Å². The Labute approximate surface area is 368 Å². The Morgan fingerprint density at radius 2 is 1.00 bits per heavy atom. The number of rotatable bonds is 4. The first-order valence-electron chi connectivity index (χ1n) is 22.2. The number of hydrogen-bond acceptors (Lipinski definition) is 5. The molecule has 63 heavy (non-hydrogen) atoms. The highest BCUT2D eigenvalue weighted by Gasteiger charge is 2.59. The van der Waals surface area contributed by atoms with Crippen molar-refractivity contribution in [2.75, 3.05) is 14.7 Å². The van der Waals surface area contributed by atoms with Gasteiger partial charge in [0.1, 0.15) is 11.6 Å². The molecule has 6 heterocycles. The molecular formula is C56H39B2N5. The van der Waals surface area contributed by atoms with Gasteiger partial charge < -0.3 is 4.90 Å². The van der Waals surface area contributed by atoms with Crippen molar-refractivity contribution < 1.29 is 0 Å². The smallest absolute Gasteiger partial charge is 0.256 e. The number of nitrogens with zero attached hydrogens (tertiary/aromatic N) is 5. The normalized spacial score (nSPS) is 18.1. The number of fused-ring (bicyclic) bond motifs is 9. The number of aromatic nitrogens is 2. The lowest BCUT2D eigenvalue weighted by atomic mass is 9.31. The van der Waals surface area contributed by atoms with E-state index in [1.807, 2.05) is 12.4 Å². The zero-order valence-electron chi connectivity index (χ0n) is 34.5. The molecular weight excluding hydrogens is 764 g/mol. The molecule has 0 bridgehead atoms. The van der Waals surface area contributed by atoms with Crippen molar-refractivity contribution in [2.45, 2.75) is 24.2 Å². The first-order valence-corrected chi connectivity index (χ1v) is 22.2. The minimum absolute atomic E-state index is 0.0227. The fourth-order valence-electron chi connectivity index (χ4n) is 12.1. The predicted molar refractivity (Wildman–Crippen MR) is 261 cm³/mol. The largest absolute Gasteiger partial charge is 0.311 e. The van der Waals surface area contributed by atoms with Crippen LogP contribution >= 0.6 is 0 Å². The molecule has 14 rings (SSSR count). The van der Waals surface area contributed by atoms with Crippen molar-refractivity contribution in [3.8, 4) is 0 Å². The third-order valence-corrected chi connectivity index (χ3v) is 14.6. The van der Waals surface area contributed by atoms with E-state index in [0.29, 0.717) is 5.92 Å². The van der Waals surface area contributed by atoms with Crippen molar-refractivity contribution in [3.63, 3.8) is 0 Å². The molecule has 0 saturated heterocycles. The summed E-state index contributed by atoms with van der Waals surface area (Å²) in [6.07, 6.45) is 6.06. The lowest BCUT2D eigenvalue weighted by molar-refractivity contribution is 0.667. The second kappa shape index (κ2) is 13.2. The second-order valence-corrected chi connectivity index (χ2v) is 17.8. The molecule has 0 N–H and O–H groups in total. The molecule has 2 unspecified atom stereocenters. The predicted octanol–water partition coefficient (Wildman–Crippen LogP) is 8.84. The van der Waals surface area contributed by atoms with Crippen LogP contribution in [-0.4, -0.2) is 23.4 Å². The molecule has 9 aromatic rings. The number of pyridine rings is 2. The fourth-order valence-corrected chi connectivity index (χ4v) is 12.1. The van der Waals surface area contributed by atoms with Gasteiger partial charge in [-0.15, -0.1) is 0 Å². The van der Waals surface area contributed by atoms with Crippen LogP contribution in [0.5, 0.6) is 0 Å². The van der Waals surface area contributed by atoms with Crippen LogP contribution in [0.4, 0.5) is 51.4 Å². The van der Waals surface area contributed by atoms with Crippen LogP contribution in [-0.2, 0) is 11.8 Å². The molecule has 2 atom stereocenters. The van der Waals surface area contributed by atoms with Crippen LogP contribution in [0.2, 0.25) is 0 Å². The first kappa shape index (κ1) is 35.0. The maximum absolute atomic E-state index is 5.31. The monoisotopic (exact) mass is 803 g/mol. The first-order chi connectivity index (χ1) is 31.3. The van der Waals surface area contributed by atoms with E-state index in [2.05, 4.69) is 209 Å². The lowest BCUT2D eigenvalue weighted by Gasteiger charge is -2.44. The van der Waals surface area contributed by atoms with Crippen molar-refractivity contribution >= 4 is 97.6 Å². The van der Waals surface area contributed by atoms with E-state index in [9.17, 15) is 0 Å². The van der Waals surface area contributed by atoms with Gasteiger partial charge in [0.05, 0.1) is 0 Å². The van der Waals surface area contributed by atoms with Gasteiger partial charge in [0.25, 0.3) is 6.71 Å². The summed E-state index contributed by atoms with van der Waals surface area (Å²) < 4.78 is 0. The van der Waals surface area contributed by atoms with Gasteiger partial charge in [-0.2, -0.15) is 0 Å². The Balaban J connectivity index is 1.08. The van der Waals surface area contributed by atoms with Gasteiger partial charge in [-0.25, -0.2) is 9.97 Å². The summed E-state index contributed by atoms with van der Waals surface area (Å²) >= 11 is 0. The van der Waals surface area contributed by atoms with Gasteiger partial charge in [-0.05, 0) is 123 Å². The summed E-state index contributed by atoms with van der Waals surface area (Å²) in [5, 5.41) is 0. The summed E-state index contributed by atoms with van der Waals surface area (Å²) in [6.45, 7) is -0.0746. The van der Waals surface area contributed by atoms with Crippen LogP contribution in [0.1, 0.15) is 29.0 Å². The third kappa shape index (κ3) is 4.90. The van der Waals surface area contributed by atoms with Crippen molar-refractivity contribution in [1.29, 1.82) is 0 Å². The summed E-state index contributed by atoms with van der Waals surface area (Å²) in [5.74, 6) is 2.36.